The zero-order valence-corrected chi connectivity index (χ0v) is 31.3. The second-order valence-electron chi connectivity index (χ2n) is 14.0. The summed E-state index contributed by atoms with van der Waals surface area (Å²) in [5.41, 5.74) is -1.81. The molecule has 1 amide bonds. The SMILES string of the molecule is COCc1nc2nc([C@H](Cc3cc(F)cc(F)c3)NC(=O)Cn3nc(C(F)(F)F)c4c3C(F)(F)C3C[C@H]43)c(-c3ccc(Cl)c4c(NS(C)(=O)=O)nn(C)c34)cc2[nH]1. The lowest BCUT2D eigenvalue weighted by Gasteiger charge is -2.23. The normalized spacial score (nSPS) is 17.9. The van der Waals surface area contributed by atoms with Crippen molar-refractivity contribution in [1.82, 2.24) is 39.8 Å². The van der Waals surface area contributed by atoms with Gasteiger partial charge in [0.1, 0.15) is 36.3 Å². The van der Waals surface area contributed by atoms with Crippen molar-refractivity contribution in [3.05, 3.63) is 87.1 Å². The van der Waals surface area contributed by atoms with Crippen molar-refractivity contribution in [2.75, 3.05) is 18.1 Å². The molecule has 2 aromatic carbocycles. The Kier molecular flexibility index (Phi) is 9.07. The number of aromatic nitrogens is 7. The Hall–Kier alpha value is -5.28. The summed E-state index contributed by atoms with van der Waals surface area (Å²) in [6.07, 6.45) is -4.68. The van der Waals surface area contributed by atoms with E-state index < -0.39 is 81.0 Å². The van der Waals surface area contributed by atoms with Gasteiger partial charge in [-0.3, -0.25) is 18.9 Å². The number of nitrogens with one attached hydrogen (secondary N) is 3. The zero-order valence-electron chi connectivity index (χ0n) is 29.8. The highest BCUT2D eigenvalue weighted by atomic mass is 35.5. The van der Waals surface area contributed by atoms with E-state index in [2.05, 4.69) is 30.2 Å². The van der Waals surface area contributed by atoms with Crippen LogP contribution in [0.25, 0.3) is 33.2 Å². The van der Waals surface area contributed by atoms with Gasteiger partial charge in [-0.1, -0.05) is 17.7 Å². The third-order valence-corrected chi connectivity index (χ3v) is 10.7. The molecule has 57 heavy (non-hydrogen) atoms. The topological polar surface area (TPSA) is 162 Å². The van der Waals surface area contributed by atoms with Crippen LogP contribution in [0.15, 0.2) is 36.4 Å². The van der Waals surface area contributed by atoms with Gasteiger partial charge in [-0.15, -0.1) is 0 Å². The quantitative estimate of drug-likeness (QED) is 0.125. The maximum atomic E-state index is 15.4. The van der Waals surface area contributed by atoms with Crippen molar-refractivity contribution in [2.45, 2.75) is 50.1 Å². The van der Waals surface area contributed by atoms with Crippen LogP contribution < -0.4 is 10.0 Å². The van der Waals surface area contributed by atoms with Crippen molar-refractivity contribution >= 4 is 55.4 Å². The molecule has 4 heterocycles. The number of hydrogen-bond donors (Lipinski definition) is 3. The standard InChI is InChI=1S/C35H29ClF7N9O4S/c1-51-29-17(4-5-21(36)27(29)33(49-51)50-57(3,54)55)18-11-23-32(46-24(44-23)13-56-2)47-28(18)22(8-14-6-15(37)9-16(38)7-14)45-25(53)12-52-31-26(30(48-52)35(41,42)43)19-10-20(19)34(31,39)40/h4-7,9,11,19-20,22H,8,10,12-13H2,1-3H3,(H,45,53)(H,49,50)(H,44,46,47)/t19-,20?,22-/m0/s1. The summed E-state index contributed by atoms with van der Waals surface area (Å²) in [6.45, 7) is -1.05. The summed E-state index contributed by atoms with van der Waals surface area (Å²) in [5.74, 6) is -8.84. The Labute approximate surface area is 322 Å². The maximum absolute atomic E-state index is 15.4. The molecular weight excluding hydrogens is 811 g/mol. The van der Waals surface area contributed by atoms with E-state index in [9.17, 15) is 35.2 Å². The Morgan fingerprint density at radius 2 is 1.82 bits per heavy atom. The highest BCUT2D eigenvalue weighted by molar-refractivity contribution is 7.92. The average Bonchev–Trinajstić information content (AvgIpc) is 3.36. The predicted octanol–water partition coefficient (Wildman–Crippen LogP) is 6.49. The van der Waals surface area contributed by atoms with E-state index in [1.807, 2.05) is 0 Å². The first kappa shape index (κ1) is 38.6. The molecule has 2 aliphatic rings. The molecule has 8 rings (SSSR count). The Morgan fingerprint density at radius 1 is 1.11 bits per heavy atom. The highest BCUT2D eigenvalue weighted by Gasteiger charge is 2.68. The number of halogens is 8. The molecule has 0 saturated heterocycles. The summed E-state index contributed by atoms with van der Waals surface area (Å²) >= 11 is 6.59. The fourth-order valence-corrected chi connectivity index (χ4v) is 8.42. The minimum Gasteiger partial charge on any atom is -0.377 e. The van der Waals surface area contributed by atoms with Gasteiger partial charge in [0.05, 0.1) is 39.4 Å². The van der Waals surface area contributed by atoms with Crippen LogP contribution in [0.3, 0.4) is 0 Å². The molecule has 0 aliphatic heterocycles. The van der Waals surface area contributed by atoms with Gasteiger partial charge in [0.2, 0.25) is 15.9 Å². The third-order valence-electron chi connectivity index (χ3n) is 9.86. The van der Waals surface area contributed by atoms with E-state index in [1.54, 1.807) is 12.1 Å². The first-order valence-corrected chi connectivity index (χ1v) is 19.3. The number of sulfonamides is 1. The predicted molar refractivity (Wildman–Crippen MR) is 191 cm³/mol. The van der Waals surface area contributed by atoms with Crippen molar-refractivity contribution in [1.29, 1.82) is 0 Å². The molecule has 1 saturated carbocycles. The van der Waals surface area contributed by atoms with E-state index in [-0.39, 0.29) is 63.7 Å². The van der Waals surface area contributed by atoms with Crippen LogP contribution in [0.4, 0.5) is 36.6 Å². The molecular formula is C35H29ClF7N9O4S. The molecule has 13 nitrogen and oxygen atoms in total. The summed E-state index contributed by atoms with van der Waals surface area (Å²) in [4.78, 5) is 26.2. The zero-order chi connectivity index (χ0) is 40.9. The third kappa shape index (κ3) is 6.94. The lowest BCUT2D eigenvalue weighted by Crippen LogP contribution is -2.35. The van der Waals surface area contributed by atoms with Crippen LogP contribution in [-0.2, 0) is 58.3 Å². The van der Waals surface area contributed by atoms with Gasteiger partial charge >= 0.3 is 6.18 Å². The lowest BCUT2D eigenvalue weighted by atomic mass is 9.94. The number of imidazole rings is 1. The fraction of sp³-hybridized carbons (Fsp3) is 0.343. The number of carbonyl (C=O) groups is 1. The molecule has 0 spiro atoms. The van der Waals surface area contributed by atoms with Crippen molar-refractivity contribution in [2.24, 2.45) is 13.0 Å². The average molecular weight is 840 g/mol. The Bertz CT molecular complexity index is 2730. The molecule has 1 unspecified atom stereocenters. The van der Waals surface area contributed by atoms with Crippen molar-refractivity contribution < 1.29 is 48.7 Å². The molecule has 0 bridgehead atoms. The Morgan fingerprint density at radius 3 is 2.49 bits per heavy atom. The molecule has 22 heteroatoms. The number of ether oxygens (including phenoxy) is 1. The van der Waals surface area contributed by atoms with Crippen LogP contribution in [0.2, 0.25) is 5.02 Å². The number of fused-ring (bicyclic) bond motifs is 5. The molecule has 1 fully saturated rings. The van der Waals surface area contributed by atoms with E-state index in [0.717, 1.165) is 18.4 Å². The highest BCUT2D eigenvalue weighted by Crippen LogP contribution is 2.68. The second-order valence-corrected chi connectivity index (χ2v) is 16.2. The van der Waals surface area contributed by atoms with Gasteiger partial charge in [-0.25, -0.2) is 27.2 Å². The minimum absolute atomic E-state index is 0.00619. The lowest BCUT2D eigenvalue weighted by molar-refractivity contribution is -0.142. The van der Waals surface area contributed by atoms with Gasteiger partial charge in [-0.05, 0) is 48.6 Å². The first-order chi connectivity index (χ1) is 26.7. The number of carbonyl (C=O) groups excluding carboxylic acids is 1. The number of benzene rings is 2. The number of anilines is 1. The number of alkyl halides is 5. The number of rotatable bonds is 11. The van der Waals surface area contributed by atoms with Gasteiger partial charge in [0.25, 0.3) is 5.92 Å². The molecule has 2 aliphatic carbocycles. The summed E-state index contributed by atoms with van der Waals surface area (Å²) in [6, 6.07) is 5.88. The summed E-state index contributed by atoms with van der Waals surface area (Å²) < 4.78 is 136. The number of aromatic amines is 1. The molecule has 6 aromatic rings. The largest absolute Gasteiger partial charge is 0.435 e. The van der Waals surface area contributed by atoms with Crippen LogP contribution in [0.1, 0.15) is 52.4 Å². The number of amides is 1. The molecule has 3 N–H and O–H groups in total. The van der Waals surface area contributed by atoms with Gasteiger partial charge in [0.15, 0.2) is 17.2 Å². The fourth-order valence-electron chi connectivity index (χ4n) is 7.68. The number of hydrogen-bond acceptors (Lipinski definition) is 8. The van der Waals surface area contributed by atoms with E-state index >= 15 is 8.78 Å². The molecule has 0 radical (unpaired) electrons. The second kappa shape index (κ2) is 13.4. The number of H-pyrrole nitrogens is 1. The minimum atomic E-state index is -5.07. The van der Waals surface area contributed by atoms with Crippen molar-refractivity contribution in [3.63, 3.8) is 0 Å². The number of nitrogens with zero attached hydrogens (tertiary/aromatic N) is 6. The van der Waals surface area contributed by atoms with E-state index in [1.165, 1.54) is 24.9 Å². The summed E-state index contributed by atoms with van der Waals surface area (Å²) in [7, 11) is -0.903. The van der Waals surface area contributed by atoms with Gasteiger partial charge in [0, 0.05) is 42.8 Å². The van der Waals surface area contributed by atoms with Gasteiger partial charge in [-0.2, -0.15) is 32.1 Å². The maximum Gasteiger partial charge on any atom is 0.435 e. The van der Waals surface area contributed by atoms with E-state index in [4.69, 9.17) is 21.3 Å². The number of pyridine rings is 1. The molecule has 3 atom stereocenters. The Balaban J connectivity index is 1.29. The van der Waals surface area contributed by atoms with Crippen LogP contribution in [0.5, 0.6) is 0 Å². The number of methoxy groups -OCH3 is 1. The van der Waals surface area contributed by atoms with Crippen LogP contribution >= 0.6 is 11.6 Å². The van der Waals surface area contributed by atoms with Crippen LogP contribution in [-0.4, -0.2) is 62.2 Å². The molecule has 4 aromatic heterocycles. The summed E-state index contributed by atoms with van der Waals surface area (Å²) in [5, 5.41) is 10.7. The smallest absolute Gasteiger partial charge is 0.377 e. The first-order valence-electron chi connectivity index (χ1n) is 17.1. The molecule has 300 valence electrons. The van der Waals surface area contributed by atoms with Crippen LogP contribution in [0, 0.1) is 17.6 Å². The van der Waals surface area contributed by atoms with Crippen molar-refractivity contribution in [3.8, 4) is 11.1 Å². The van der Waals surface area contributed by atoms with Gasteiger partial charge < -0.3 is 15.0 Å². The monoisotopic (exact) mass is 839 g/mol. The number of aryl methyl sites for hydroxylation is 1. The van der Waals surface area contributed by atoms with E-state index in [0.29, 0.717) is 27.7 Å².